The van der Waals surface area contributed by atoms with E-state index in [0.717, 1.165) is 0 Å². The van der Waals surface area contributed by atoms with Crippen LogP contribution in [0.25, 0.3) is 0 Å². The molecule has 0 radical (unpaired) electrons. The Labute approximate surface area is 87.8 Å². The SMILES string of the molecule is CCOC(=O)C(OC)c1cccc(F)c1. The van der Waals surface area contributed by atoms with Gasteiger partial charge in [0.05, 0.1) is 6.61 Å². The summed E-state index contributed by atoms with van der Waals surface area (Å²) in [4.78, 5) is 11.4. The monoisotopic (exact) mass is 212 g/mol. The molecule has 1 aromatic rings. The van der Waals surface area contributed by atoms with Crippen LogP contribution in [0.2, 0.25) is 0 Å². The van der Waals surface area contributed by atoms with E-state index in [9.17, 15) is 9.18 Å². The standard InChI is InChI=1S/C11H13FO3/c1-3-15-11(13)10(14-2)8-5-4-6-9(12)7-8/h4-7,10H,3H2,1-2H3. The van der Waals surface area contributed by atoms with Crippen molar-refractivity contribution in [1.29, 1.82) is 0 Å². The Hall–Kier alpha value is -1.42. The summed E-state index contributed by atoms with van der Waals surface area (Å²) in [5, 5.41) is 0. The van der Waals surface area contributed by atoms with Crippen LogP contribution in [-0.2, 0) is 14.3 Å². The molecule has 1 rings (SSSR count). The number of halogens is 1. The quantitative estimate of drug-likeness (QED) is 0.717. The Morgan fingerprint density at radius 3 is 2.80 bits per heavy atom. The Morgan fingerprint density at radius 1 is 1.53 bits per heavy atom. The Bertz CT molecular complexity index is 338. The number of hydrogen-bond donors (Lipinski definition) is 0. The number of benzene rings is 1. The molecule has 0 heterocycles. The van der Waals surface area contributed by atoms with Crippen LogP contribution in [0.1, 0.15) is 18.6 Å². The van der Waals surface area contributed by atoms with E-state index in [1.807, 2.05) is 0 Å². The summed E-state index contributed by atoms with van der Waals surface area (Å²) in [6.45, 7) is 1.98. The average molecular weight is 212 g/mol. The number of esters is 1. The molecule has 4 heteroatoms. The molecule has 0 aliphatic rings. The van der Waals surface area contributed by atoms with Gasteiger partial charge in [-0.05, 0) is 24.6 Å². The number of carbonyl (C=O) groups excluding carboxylic acids is 1. The first-order valence-electron chi connectivity index (χ1n) is 4.64. The van der Waals surface area contributed by atoms with E-state index < -0.39 is 17.9 Å². The van der Waals surface area contributed by atoms with Crippen molar-refractivity contribution in [1.82, 2.24) is 0 Å². The highest BCUT2D eigenvalue weighted by atomic mass is 19.1. The molecule has 0 aliphatic heterocycles. The first-order chi connectivity index (χ1) is 7.19. The predicted octanol–water partition coefficient (Wildman–Crippen LogP) is 2.08. The summed E-state index contributed by atoms with van der Waals surface area (Å²) in [6.07, 6.45) is -0.861. The van der Waals surface area contributed by atoms with Crippen molar-refractivity contribution >= 4 is 5.97 Å². The highest BCUT2D eigenvalue weighted by Crippen LogP contribution is 2.18. The van der Waals surface area contributed by atoms with E-state index in [0.29, 0.717) is 5.56 Å². The van der Waals surface area contributed by atoms with Gasteiger partial charge in [-0.1, -0.05) is 12.1 Å². The molecule has 15 heavy (non-hydrogen) atoms. The van der Waals surface area contributed by atoms with Crippen LogP contribution in [0.5, 0.6) is 0 Å². The van der Waals surface area contributed by atoms with Crippen LogP contribution in [-0.4, -0.2) is 19.7 Å². The second-order valence-corrected chi connectivity index (χ2v) is 2.92. The predicted molar refractivity (Wildman–Crippen MR) is 52.8 cm³/mol. The summed E-state index contributed by atoms with van der Waals surface area (Å²) in [7, 11) is 1.38. The molecule has 0 saturated heterocycles. The van der Waals surface area contributed by atoms with Crippen molar-refractivity contribution in [2.45, 2.75) is 13.0 Å². The van der Waals surface area contributed by atoms with Gasteiger partial charge in [-0.25, -0.2) is 9.18 Å². The fourth-order valence-electron chi connectivity index (χ4n) is 1.26. The second-order valence-electron chi connectivity index (χ2n) is 2.92. The number of rotatable bonds is 4. The lowest BCUT2D eigenvalue weighted by Gasteiger charge is -2.13. The summed E-state index contributed by atoms with van der Waals surface area (Å²) < 4.78 is 22.7. The average Bonchev–Trinajstić information content (AvgIpc) is 2.19. The highest BCUT2D eigenvalue weighted by molar-refractivity contribution is 5.76. The van der Waals surface area contributed by atoms with E-state index in [2.05, 4.69) is 0 Å². The zero-order valence-corrected chi connectivity index (χ0v) is 8.70. The third-order valence-corrected chi connectivity index (χ3v) is 1.89. The van der Waals surface area contributed by atoms with Crippen LogP contribution in [0.4, 0.5) is 4.39 Å². The van der Waals surface area contributed by atoms with Gasteiger partial charge in [-0.15, -0.1) is 0 Å². The summed E-state index contributed by atoms with van der Waals surface area (Å²) in [5.41, 5.74) is 0.455. The first kappa shape index (κ1) is 11.7. The number of carbonyl (C=O) groups is 1. The van der Waals surface area contributed by atoms with Crippen molar-refractivity contribution in [3.05, 3.63) is 35.6 Å². The molecule has 3 nitrogen and oxygen atoms in total. The van der Waals surface area contributed by atoms with Crippen LogP contribution < -0.4 is 0 Å². The fourth-order valence-corrected chi connectivity index (χ4v) is 1.26. The van der Waals surface area contributed by atoms with Gasteiger partial charge in [0.2, 0.25) is 0 Å². The van der Waals surface area contributed by atoms with Gasteiger partial charge in [0.25, 0.3) is 0 Å². The minimum atomic E-state index is -0.861. The molecule has 1 atom stereocenters. The summed E-state index contributed by atoms with van der Waals surface area (Å²) in [6, 6.07) is 5.70. The van der Waals surface area contributed by atoms with Gasteiger partial charge < -0.3 is 9.47 Å². The molecule has 1 aromatic carbocycles. The van der Waals surface area contributed by atoms with E-state index in [1.165, 1.54) is 25.3 Å². The second kappa shape index (κ2) is 5.46. The minimum absolute atomic E-state index is 0.272. The van der Waals surface area contributed by atoms with Crippen molar-refractivity contribution in [3.8, 4) is 0 Å². The Morgan fingerprint density at radius 2 is 2.27 bits per heavy atom. The van der Waals surface area contributed by atoms with E-state index in [1.54, 1.807) is 13.0 Å². The smallest absolute Gasteiger partial charge is 0.339 e. The van der Waals surface area contributed by atoms with Crippen LogP contribution >= 0.6 is 0 Å². The lowest BCUT2D eigenvalue weighted by atomic mass is 10.1. The first-order valence-corrected chi connectivity index (χ1v) is 4.64. The molecular weight excluding hydrogens is 199 g/mol. The van der Waals surface area contributed by atoms with Crippen molar-refractivity contribution in [2.75, 3.05) is 13.7 Å². The number of ether oxygens (including phenoxy) is 2. The molecule has 0 spiro atoms. The lowest BCUT2D eigenvalue weighted by Crippen LogP contribution is -2.17. The summed E-state index contributed by atoms with van der Waals surface area (Å²) in [5.74, 6) is -0.913. The maximum atomic E-state index is 12.9. The van der Waals surface area contributed by atoms with Crippen molar-refractivity contribution in [3.63, 3.8) is 0 Å². The molecule has 0 fully saturated rings. The Balaban J connectivity index is 2.87. The number of methoxy groups -OCH3 is 1. The molecule has 0 amide bonds. The molecule has 0 bridgehead atoms. The Kier molecular flexibility index (Phi) is 4.24. The largest absolute Gasteiger partial charge is 0.464 e. The summed E-state index contributed by atoms with van der Waals surface area (Å²) >= 11 is 0. The van der Waals surface area contributed by atoms with Gasteiger partial charge in [0.15, 0.2) is 6.10 Å². The van der Waals surface area contributed by atoms with Crippen LogP contribution in [0, 0.1) is 5.82 Å². The molecule has 0 aromatic heterocycles. The molecule has 0 saturated carbocycles. The third-order valence-electron chi connectivity index (χ3n) is 1.89. The van der Waals surface area contributed by atoms with Gasteiger partial charge in [-0.2, -0.15) is 0 Å². The molecule has 0 N–H and O–H groups in total. The van der Waals surface area contributed by atoms with Crippen LogP contribution in [0.15, 0.2) is 24.3 Å². The van der Waals surface area contributed by atoms with E-state index in [-0.39, 0.29) is 6.61 Å². The molecule has 0 aliphatic carbocycles. The zero-order valence-electron chi connectivity index (χ0n) is 8.70. The fraction of sp³-hybridized carbons (Fsp3) is 0.364. The van der Waals surface area contributed by atoms with Gasteiger partial charge >= 0.3 is 5.97 Å². The number of hydrogen-bond acceptors (Lipinski definition) is 3. The maximum Gasteiger partial charge on any atom is 0.339 e. The minimum Gasteiger partial charge on any atom is -0.464 e. The zero-order chi connectivity index (χ0) is 11.3. The van der Waals surface area contributed by atoms with Gasteiger partial charge in [0.1, 0.15) is 5.82 Å². The maximum absolute atomic E-state index is 12.9. The molecular formula is C11H13FO3. The van der Waals surface area contributed by atoms with E-state index >= 15 is 0 Å². The van der Waals surface area contributed by atoms with Crippen LogP contribution in [0.3, 0.4) is 0 Å². The lowest BCUT2D eigenvalue weighted by molar-refractivity contribution is -0.155. The van der Waals surface area contributed by atoms with Crippen molar-refractivity contribution < 1.29 is 18.7 Å². The molecule has 1 unspecified atom stereocenters. The topological polar surface area (TPSA) is 35.5 Å². The normalized spacial score (nSPS) is 12.2. The van der Waals surface area contributed by atoms with Crippen molar-refractivity contribution in [2.24, 2.45) is 0 Å². The van der Waals surface area contributed by atoms with E-state index in [4.69, 9.17) is 9.47 Å². The molecule has 82 valence electrons. The highest BCUT2D eigenvalue weighted by Gasteiger charge is 2.21. The van der Waals surface area contributed by atoms with Gasteiger partial charge in [0, 0.05) is 7.11 Å². The van der Waals surface area contributed by atoms with Gasteiger partial charge in [-0.3, -0.25) is 0 Å². The third kappa shape index (κ3) is 3.02.